The monoisotopic (exact) mass is 308 g/mol. The minimum absolute atomic E-state index is 0.220. The van der Waals surface area contributed by atoms with Gasteiger partial charge in [0.2, 0.25) is 0 Å². The van der Waals surface area contributed by atoms with E-state index in [-0.39, 0.29) is 5.91 Å². The third-order valence-electron chi connectivity index (χ3n) is 2.44. The summed E-state index contributed by atoms with van der Waals surface area (Å²) in [5.41, 5.74) is 1.11. The van der Waals surface area contributed by atoms with Crippen molar-refractivity contribution in [3.63, 3.8) is 0 Å². The summed E-state index contributed by atoms with van der Waals surface area (Å²) in [6, 6.07) is 7.18. The van der Waals surface area contributed by atoms with Crippen LogP contribution in [-0.4, -0.2) is 20.1 Å². The summed E-state index contributed by atoms with van der Waals surface area (Å²) in [5, 5.41) is 8.54. The van der Waals surface area contributed by atoms with Crippen LogP contribution in [0.1, 0.15) is 6.92 Å². The van der Waals surface area contributed by atoms with E-state index in [0.717, 1.165) is 4.47 Å². The molecule has 0 unspecified atom stereocenters. The maximum absolute atomic E-state index is 12.0. The van der Waals surface area contributed by atoms with E-state index in [9.17, 15) is 4.79 Å². The van der Waals surface area contributed by atoms with Gasteiger partial charge in [0.25, 0.3) is 5.91 Å². The van der Waals surface area contributed by atoms with Crippen LogP contribution in [0.5, 0.6) is 5.75 Å². The molecule has 1 amide bonds. The topological polar surface area (TPSA) is 53.3 Å². The Balaban J connectivity index is 3.05. The Bertz CT molecular complexity index is 532. The van der Waals surface area contributed by atoms with Crippen molar-refractivity contribution < 1.29 is 9.53 Å². The fourth-order valence-electron chi connectivity index (χ4n) is 1.42. The predicted molar refractivity (Wildman–Crippen MR) is 73.5 cm³/mol. The van der Waals surface area contributed by atoms with E-state index < -0.39 is 0 Å². The number of hydrogen-bond donors (Lipinski definition) is 0. The zero-order valence-electron chi connectivity index (χ0n) is 10.4. The van der Waals surface area contributed by atoms with Gasteiger partial charge in [0.05, 0.1) is 18.9 Å². The number of methoxy groups -OCH3 is 1. The van der Waals surface area contributed by atoms with Gasteiger partial charge in [-0.1, -0.05) is 0 Å². The highest BCUT2D eigenvalue weighted by molar-refractivity contribution is 9.10. The lowest BCUT2D eigenvalue weighted by atomic mass is 10.2. The van der Waals surface area contributed by atoms with Gasteiger partial charge in [-0.2, -0.15) is 5.26 Å². The highest BCUT2D eigenvalue weighted by atomic mass is 79.9. The van der Waals surface area contributed by atoms with Crippen LogP contribution in [0.4, 0.5) is 5.69 Å². The van der Waals surface area contributed by atoms with Gasteiger partial charge in [0.1, 0.15) is 5.75 Å². The zero-order valence-corrected chi connectivity index (χ0v) is 12.0. The molecule has 0 aliphatic carbocycles. The largest absolute Gasteiger partial charge is 0.497 e. The Kier molecular flexibility index (Phi) is 4.93. The third kappa shape index (κ3) is 3.11. The van der Waals surface area contributed by atoms with Crippen LogP contribution in [0.15, 0.2) is 34.3 Å². The molecule has 0 atom stereocenters. The van der Waals surface area contributed by atoms with Crippen LogP contribution in [0, 0.1) is 11.3 Å². The van der Waals surface area contributed by atoms with Crippen LogP contribution in [0.2, 0.25) is 0 Å². The molecule has 0 spiro atoms. The number of carbonyl (C=O) groups is 1. The van der Waals surface area contributed by atoms with Gasteiger partial charge in [-0.25, -0.2) is 0 Å². The van der Waals surface area contributed by atoms with E-state index in [1.54, 1.807) is 39.3 Å². The minimum atomic E-state index is -0.220. The fraction of sp³-hybridized carbons (Fsp3) is 0.231. The molecule has 18 heavy (non-hydrogen) atoms. The van der Waals surface area contributed by atoms with Crippen LogP contribution in [-0.2, 0) is 4.79 Å². The molecule has 1 aromatic rings. The minimum Gasteiger partial charge on any atom is -0.497 e. The van der Waals surface area contributed by atoms with Crippen LogP contribution in [0.25, 0.3) is 0 Å². The number of nitrogens with zero attached hydrogens (tertiary/aromatic N) is 2. The third-order valence-corrected chi connectivity index (χ3v) is 3.07. The second-order valence-electron chi connectivity index (χ2n) is 3.64. The number of halogens is 1. The van der Waals surface area contributed by atoms with Gasteiger partial charge < -0.3 is 9.64 Å². The SMILES string of the molecule is COc1ccc(N(C)C(=O)/C(C)=C/C#N)c(Br)c1. The first-order valence-corrected chi connectivity index (χ1v) is 5.98. The smallest absolute Gasteiger partial charge is 0.254 e. The van der Waals surface area contributed by atoms with E-state index in [1.807, 2.05) is 6.07 Å². The van der Waals surface area contributed by atoms with E-state index >= 15 is 0 Å². The molecule has 94 valence electrons. The fourth-order valence-corrected chi connectivity index (χ4v) is 2.04. The van der Waals surface area contributed by atoms with Crippen molar-refractivity contribution in [2.45, 2.75) is 6.92 Å². The van der Waals surface area contributed by atoms with Gasteiger partial charge in [0.15, 0.2) is 0 Å². The number of amides is 1. The van der Waals surface area contributed by atoms with Crippen molar-refractivity contribution in [1.29, 1.82) is 5.26 Å². The van der Waals surface area contributed by atoms with Gasteiger partial charge in [-0.15, -0.1) is 0 Å². The van der Waals surface area contributed by atoms with E-state index in [1.165, 1.54) is 11.0 Å². The standard InChI is InChI=1S/C13H13BrN2O2/c1-9(6-7-15)13(17)16(2)12-5-4-10(18-3)8-11(12)14/h4-6,8H,1-3H3/b9-6+. The molecule has 1 aromatic carbocycles. The van der Waals surface area contributed by atoms with Crippen LogP contribution in [0.3, 0.4) is 0 Å². The quantitative estimate of drug-likeness (QED) is 0.637. The molecular formula is C13H13BrN2O2. The van der Waals surface area contributed by atoms with E-state index in [0.29, 0.717) is 17.0 Å². The maximum Gasteiger partial charge on any atom is 0.254 e. The average Bonchev–Trinajstić information content (AvgIpc) is 2.37. The lowest BCUT2D eigenvalue weighted by Gasteiger charge is -2.19. The summed E-state index contributed by atoms with van der Waals surface area (Å²) < 4.78 is 5.84. The van der Waals surface area contributed by atoms with Crippen molar-refractivity contribution in [3.05, 3.63) is 34.3 Å². The summed E-state index contributed by atoms with van der Waals surface area (Å²) in [4.78, 5) is 13.5. The van der Waals surface area contributed by atoms with E-state index in [4.69, 9.17) is 10.00 Å². The molecule has 0 heterocycles. The predicted octanol–water partition coefficient (Wildman–Crippen LogP) is 2.89. The molecule has 5 heteroatoms. The van der Waals surface area contributed by atoms with Crippen molar-refractivity contribution in [3.8, 4) is 11.8 Å². The lowest BCUT2D eigenvalue weighted by molar-refractivity contribution is -0.114. The highest BCUT2D eigenvalue weighted by Crippen LogP contribution is 2.30. The number of carbonyl (C=O) groups excluding carboxylic acids is 1. The number of benzene rings is 1. The van der Waals surface area contributed by atoms with Gasteiger partial charge in [-0.3, -0.25) is 4.79 Å². The molecule has 0 aliphatic rings. The van der Waals surface area contributed by atoms with Gasteiger partial charge in [-0.05, 0) is 41.1 Å². The number of rotatable bonds is 3. The average molecular weight is 309 g/mol. The van der Waals surface area contributed by atoms with Crippen molar-refractivity contribution in [2.24, 2.45) is 0 Å². The Labute approximate surface area is 115 Å². The Hall–Kier alpha value is -1.80. The molecule has 0 N–H and O–H groups in total. The van der Waals surface area contributed by atoms with Crippen LogP contribution >= 0.6 is 15.9 Å². The molecule has 0 bridgehead atoms. The first kappa shape index (κ1) is 14.3. The first-order chi connectivity index (χ1) is 8.51. The number of anilines is 1. The molecule has 0 fully saturated rings. The number of nitriles is 1. The summed E-state index contributed by atoms with van der Waals surface area (Å²) in [7, 11) is 3.24. The van der Waals surface area contributed by atoms with Crippen LogP contribution < -0.4 is 9.64 Å². The highest BCUT2D eigenvalue weighted by Gasteiger charge is 2.15. The summed E-state index contributed by atoms with van der Waals surface area (Å²) >= 11 is 3.39. The number of allylic oxidation sites excluding steroid dienone is 1. The molecular weight excluding hydrogens is 296 g/mol. The second-order valence-corrected chi connectivity index (χ2v) is 4.49. The van der Waals surface area contributed by atoms with Crippen molar-refractivity contribution in [2.75, 3.05) is 19.1 Å². The molecule has 1 rings (SSSR count). The second kappa shape index (κ2) is 6.22. The molecule has 0 radical (unpaired) electrons. The molecule has 0 aromatic heterocycles. The maximum atomic E-state index is 12.0. The number of hydrogen-bond acceptors (Lipinski definition) is 3. The first-order valence-electron chi connectivity index (χ1n) is 5.19. The Morgan fingerprint density at radius 3 is 2.72 bits per heavy atom. The summed E-state index contributed by atoms with van der Waals surface area (Å²) in [6.07, 6.45) is 1.23. The Morgan fingerprint density at radius 2 is 2.22 bits per heavy atom. The van der Waals surface area contributed by atoms with Crippen molar-refractivity contribution in [1.82, 2.24) is 0 Å². The zero-order chi connectivity index (χ0) is 13.7. The summed E-state index contributed by atoms with van der Waals surface area (Å²) in [5.74, 6) is 0.484. The molecule has 0 aliphatic heterocycles. The number of ether oxygens (including phenoxy) is 1. The number of likely N-dealkylation sites (N-methyl/N-ethyl adjacent to an activating group) is 1. The molecule has 4 nitrogen and oxygen atoms in total. The Morgan fingerprint density at radius 1 is 1.56 bits per heavy atom. The molecule has 0 saturated heterocycles. The van der Waals surface area contributed by atoms with Crippen molar-refractivity contribution >= 4 is 27.5 Å². The molecule has 0 saturated carbocycles. The summed E-state index contributed by atoms with van der Waals surface area (Å²) in [6.45, 7) is 1.61. The van der Waals surface area contributed by atoms with Gasteiger partial charge >= 0.3 is 0 Å². The van der Waals surface area contributed by atoms with E-state index in [2.05, 4.69) is 15.9 Å². The lowest BCUT2D eigenvalue weighted by Crippen LogP contribution is -2.27. The normalized spacial score (nSPS) is 10.7. The van der Waals surface area contributed by atoms with Gasteiger partial charge in [0, 0.05) is 23.2 Å².